The highest BCUT2D eigenvalue weighted by atomic mass is 16.5. The summed E-state index contributed by atoms with van der Waals surface area (Å²) in [6, 6.07) is 20.3. The normalized spacial score (nSPS) is 11.4. The third kappa shape index (κ3) is 5.15. The number of rotatable bonds is 6. The number of ketones is 1. The van der Waals surface area contributed by atoms with E-state index in [0.717, 1.165) is 11.1 Å². The van der Waals surface area contributed by atoms with E-state index in [0.29, 0.717) is 33.5 Å². The molecule has 1 aromatic heterocycles. The van der Waals surface area contributed by atoms with E-state index in [-0.39, 0.29) is 17.8 Å². The van der Waals surface area contributed by atoms with Crippen molar-refractivity contribution in [1.29, 1.82) is 0 Å². The number of aromatic nitrogens is 1. The molecule has 0 N–H and O–H groups in total. The summed E-state index contributed by atoms with van der Waals surface area (Å²) in [4.78, 5) is 30.7. The van der Waals surface area contributed by atoms with Crippen LogP contribution < -0.4 is 4.74 Å². The number of pyridine rings is 1. The molecular formula is C31H31NO4. The van der Waals surface area contributed by atoms with Gasteiger partial charge in [-0.05, 0) is 78.4 Å². The van der Waals surface area contributed by atoms with Crippen LogP contribution in [-0.2, 0) is 10.2 Å². The third-order valence-corrected chi connectivity index (χ3v) is 6.49. The van der Waals surface area contributed by atoms with E-state index in [2.05, 4.69) is 46.8 Å². The molecule has 0 saturated heterocycles. The summed E-state index contributed by atoms with van der Waals surface area (Å²) in [6.45, 7) is 10.3. The first-order chi connectivity index (χ1) is 17.1. The maximum Gasteiger partial charge on any atom is 0.339 e. The van der Waals surface area contributed by atoms with E-state index < -0.39 is 5.97 Å². The number of hydrogen-bond acceptors (Lipinski definition) is 5. The Morgan fingerprint density at radius 2 is 1.61 bits per heavy atom. The number of para-hydroxylation sites is 1. The number of nitrogens with zero attached hydrogens (tertiary/aromatic N) is 1. The van der Waals surface area contributed by atoms with E-state index in [9.17, 15) is 9.59 Å². The van der Waals surface area contributed by atoms with Gasteiger partial charge in [0.15, 0.2) is 12.4 Å². The van der Waals surface area contributed by atoms with Gasteiger partial charge in [0.1, 0.15) is 5.75 Å². The van der Waals surface area contributed by atoms with Gasteiger partial charge < -0.3 is 9.47 Å². The number of carbonyl (C=O) groups is 2. The molecule has 0 amide bonds. The quantitative estimate of drug-likeness (QED) is 0.222. The molecule has 0 aliphatic heterocycles. The molecule has 0 radical (unpaired) electrons. The molecule has 4 rings (SSSR count). The summed E-state index contributed by atoms with van der Waals surface area (Å²) in [7, 11) is 1.56. The lowest BCUT2D eigenvalue weighted by molar-refractivity contribution is 0.0476. The van der Waals surface area contributed by atoms with Crippen LogP contribution >= 0.6 is 0 Å². The average molecular weight is 482 g/mol. The second kappa shape index (κ2) is 9.94. The Balaban J connectivity index is 1.70. The van der Waals surface area contributed by atoms with Gasteiger partial charge in [-0.2, -0.15) is 0 Å². The summed E-state index contributed by atoms with van der Waals surface area (Å²) in [5.74, 6) is -0.188. The maximum absolute atomic E-state index is 13.2. The summed E-state index contributed by atoms with van der Waals surface area (Å²) in [6.07, 6.45) is 0. The highest BCUT2D eigenvalue weighted by Gasteiger charge is 2.21. The van der Waals surface area contributed by atoms with E-state index in [1.54, 1.807) is 37.4 Å². The van der Waals surface area contributed by atoms with Gasteiger partial charge in [-0.1, -0.05) is 45.0 Å². The molecule has 1 heterocycles. The van der Waals surface area contributed by atoms with Gasteiger partial charge in [-0.3, -0.25) is 4.79 Å². The zero-order valence-corrected chi connectivity index (χ0v) is 21.6. The lowest BCUT2D eigenvalue weighted by Gasteiger charge is -2.22. The molecule has 0 atom stereocenters. The lowest BCUT2D eigenvalue weighted by atomic mass is 9.83. The van der Waals surface area contributed by atoms with Crippen LogP contribution in [0.4, 0.5) is 0 Å². The second-order valence-electron chi connectivity index (χ2n) is 10.0. The average Bonchev–Trinajstić information content (AvgIpc) is 2.87. The van der Waals surface area contributed by atoms with Crippen LogP contribution in [0.1, 0.15) is 58.2 Å². The Morgan fingerprint density at radius 3 is 2.28 bits per heavy atom. The molecular weight excluding hydrogens is 450 g/mol. The van der Waals surface area contributed by atoms with Gasteiger partial charge in [-0.25, -0.2) is 9.78 Å². The minimum Gasteiger partial charge on any atom is -0.497 e. The van der Waals surface area contributed by atoms with E-state index in [1.165, 1.54) is 11.1 Å². The van der Waals surface area contributed by atoms with Crippen molar-refractivity contribution in [1.82, 2.24) is 4.98 Å². The van der Waals surface area contributed by atoms with Gasteiger partial charge in [0.05, 0.1) is 23.9 Å². The molecule has 5 heteroatoms. The fourth-order valence-electron chi connectivity index (χ4n) is 4.11. The Kier molecular flexibility index (Phi) is 6.93. The number of aryl methyl sites for hydroxylation is 1. The molecule has 0 spiro atoms. The molecule has 4 aromatic rings. The van der Waals surface area contributed by atoms with Crippen LogP contribution in [0.15, 0.2) is 66.7 Å². The molecule has 5 nitrogen and oxygen atoms in total. The van der Waals surface area contributed by atoms with Gasteiger partial charge in [-0.15, -0.1) is 0 Å². The van der Waals surface area contributed by atoms with E-state index in [1.807, 2.05) is 24.3 Å². The largest absolute Gasteiger partial charge is 0.497 e. The molecule has 0 aliphatic carbocycles. The first-order valence-electron chi connectivity index (χ1n) is 11.9. The minimum absolute atomic E-state index is 0.0341. The topological polar surface area (TPSA) is 65.5 Å². The molecule has 3 aromatic carbocycles. The van der Waals surface area contributed by atoms with Crippen LogP contribution in [0.5, 0.6) is 5.75 Å². The zero-order valence-electron chi connectivity index (χ0n) is 21.6. The zero-order chi connectivity index (χ0) is 26.0. The third-order valence-electron chi connectivity index (χ3n) is 6.49. The number of esters is 1. The van der Waals surface area contributed by atoms with E-state index in [4.69, 9.17) is 14.5 Å². The number of Topliss-reactive ketones (excluding diaryl/α,β-unsaturated/α-hetero) is 1. The maximum atomic E-state index is 13.2. The fourth-order valence-corrected chi connectivity index (χ4v) is 4.11. The molecule has 0 saturated carbocycles. The molecule has 184 valence electrons. The van der Waals surface area contributed by atoms with Crippen molar-refractivity contribution in [3.63, 3.8) is 0 Å². The fraction of sp³-hybridized carbons (Fsp3) is 0.258. The predicted octanol–water partition coefficient (Wildman–Crippen LogP) is 6.86. The number of hydrogen-bond donors (Lipinski definition) is 0. The Labute approximate surface area is 212 Å². The lowest BCUT2D eigenvalue weighted by Crippen LogP contribution is -2.15. The summed E-state index contributed by atoms with van der Waals surface area (Å²) < 4.78 is 10.6. The van der Waals surface area contributed by atoms with Crippen molar-refractivity contribution in [2.24, 2.45) is 0 Å². The van der Waals surface area contributed by atoms with Gasteiger partial charge in [0.2, 0.25) is 0 Å². The van der Waals surface area contributed by atoms with Crippen molar-refractivity contribution >= 4 is 22.7 Å². The molecule has 0 unspecified atom stereocenters. The first-order valence-corrected chi connectivity index (χ1v) is 11.9. The van der Waals surface area contributed by atoms with Crippen molar-refractivity contribution in [3.05, 3.63) is 94.5 Å². The van der Waals surface area contributed by atoms with Crippen LogP contribution in [0, 0.1) is 13.8 Å². The summed E-state index contributed by atoms with van der Waals surface area (Å²) in [5, 5.41) is 0.685. The Hall–Kier alpha value is -3.99. The summed E-state index contributed by atoms with van der Waals surface area (Å²) in [5.41, 5.74) is 6.66. The number of benzene rings is 3. The molecule has 0 fully saturated rings. The second-order valence-corrected chi connectivity index (χ2v) is 10.0. The molecule has 36 heavy (non-hydrogen) atoms. The van der Waals surface area contributed by atoms with Crippen LogP contribution in [0.25, 0.3) is 22.2 Å². The van der Waals surface area contributed by atoms with Crippen LogP contribution in [0.2, 0.25) is 0 Å². The monoisotopic (exact) mass is 481 g/mol. The first kappa shape index (κ1) is 25.1. The van der Waals surface area contributed by atoms with Crippen molar-refractivity contribution < 1.29 is 19.1 Å². The Bertz CT molecular complexity index is 1450. The minimum atomic E-state index is -0.557. The number of methoxy groups -OCH3 is 1. The number of carbonyl (C=O) groups excluding carboxylic acids is 2. The SMILES string of the molecule is COc1ccc(C(=O)COC(=O)c2cc(-c3cc(C(C)(C)C)cc(C)c3C)nc3ccccc23)cc1. The van der Waals surface area contributed by atoms with E-state index >= 15 is 0 Å². The van der Waals surface area contributed by atoms with Crippen molar-refractivity contribution in [2.45, 2.75) is 40.0 Å². The summed E-state index contributed by atoms with van der Waals surface area (Å²) >= 11 is 0. The highest BCUT2D eigenvalue weighted by molar-refractivity contribution is 6.06. The van der Waals surface area contributed by atoms with Crippen LogP contribution in [0.3, 0.4) is 0 Å². The number of fused-ring (bicyclic) bond motifs is 1. The van der Waals surface area contributed by atoms with Gasteiger partial charge in [0, 0.05) is 16.5 Å². The molecule has 0 bridgehead atoms. The van der Waals surface area contributed by atoms with Gasteiger partial charge in [0.25, 0.3) is 0 Å². The van der Waals surface area contributed by atoms with Crippen LogP contribution in [-0.4, -0.2) is 30.5 Å². The predicted molar refractivity (Wildman–Crippen MR) is 143 cm³/mol. The molecule has 0 aliphatic rings. The van der Waals surface area contributed by atoms with Crippen molar-refractivity contribution in [2.75, 3.05) is 13.7 Å². The number of ether oxygens (including phenoxy) is 2. The Morgan fingerprint density at radius 1 is 0.917 bits per heavy atom. The smallest absolute Gasteiger partial charge is 0.339 e. The highest BCUT2D eigenvalue weighted by Crippen LogP contribution is 2.33. The standard InChI is InChI=1S/C31H31NO4/c1-19-15-22(31(3,4)5)16-25(20(19)2)28-17-26(24-9-7-8-10-27(24)32-28)30(34)36-18-29(33)21-11-13-23(35-6)14-12-21/h7-17H,18H2,1-6H3. The van der Waals surface area contributed by atoms with Gasteiger partial charge >= 0.3 is 5.97 Å². The van der Waals surface area contributed by atoms with Crippen molar-refractivity contribution in [3.8, 4) is 17.0 Å².